The molecule has 138 valence electrons. The van der Waals surface area contributed by atoms with Crippen LogP contribution in [0.1, 0.15) is 66.2 Å². The first-order valence-corrected chi connectivity index (χ1v) is 9.26. The molecule has 0 spiro atoms. The Morgan fingerprint density at radius 1 is 1.25 bits per heavy atom. The lowest BCUT2D eigenvalue weighted by Crippen LogP contribution is -2.50. The summed E-state index contributed by atoms with van der Waals surface area (Å²) < 4.78 is 6.43. The van der Waals surface area contributed by atoms with Crippen molar-refractivity contribution in [3.63, 3.8) is 0 Å². The molecule has 0 aromatic rings. The SMILES string of the molecule is CC1=C[C@H](O)[C@@]2(C(C)C)CC[C@](C)(O2)[C@@H](O)CCC(CO)=CCC1. The Morgan fingerprint density at radius 2 is 1.96 bits per heavy atom. The Balaban J connectivity index is 2.35. The van der Waals surface area contributed by atoms with Crippen molar-refractivity contribution in [1.29, 1.82) is 0 Å². The highest BCUT2D eigenvalue weighted by molar-refractivity contribution is 5.15. The summed E-state index contributed by atoms with van der Waals surface area (Å²) in [6.45, 7) is 8.17. The molecule has 1 saturated heterocycles. The highest BCUT2D eigenvalue weighted by atomic mass is 16.6. The van der Waals surface area contributed by atoms with Gasteiger partial charge in [-0.2, -0.15) is 0 Å². The van der Waals surface area contributed by atoms with Crippen LogP contribution in [0.5, 0.6) is 0 Å². The van der Waals surface area contributed by atoms with E-state index in [0.29, 0.717) is 12.8 Å². The van der Waals surface area contributed by atoms with Crippen molar-refractivity contribution in [1.82, 2.24) is 0 Å². The van der Waals surface area contributed by atoms with Crippen LogP contribution < -0.4 is 0 Å². The van der Waals surface area contributed by atoms with Gasteiger partial charge in [0.15, 0.2) is 0 Å². The highest BCUT2D eigenvalue weighted by Crippen LogP contribution is 2.47. The van der Waals surface area contributed by atoms with Gasteiger partial charge in [-0.25, -0.2) is 0 Å². The Morgan fingerprint density at radius 3 is 2.58 bits per heavy atom. The second-order valence-corrected chi connectivity index (χ2v) is 8.10. The Kier molecular flexibility index (Phi) is 6.29. The summed E-state index contributed by atoms with van der Waals surface area (Å²) in [6, 6.07) is 0. The van der Waals surface area contributed by atoms with Crippen LogP contribution >= 0.6 is 0 Å². The largest absolute Gasteiger partial charge is 0.392 e. The summed E-state index contributed by atoms with van der Waals surface area (Å²) in [5.41, 5.74) is 0.811. The minimum Gasteiger partial charge on any atom is -0.392 e. The van der Waals surface area contributed by atoms with E-state index in [4.69, 9.17) is 4.74 Å². The molecule has 3 N–H and O–H groups in total. The summed E-state index contributed by atoms with van der Waals surface area (Å²) >= 11 is 0. The second-order valence-electron chi connectivity index (χ2n) is 8.10. The molecule has 0 radical (unpaired) electrons. The number of hydrogen-bond donors (Lipinski definition) is 3. The van der Waals surface area contributed by atoms with Crippen molar-refractivity contribution in [2.45, 2.75) is 89.6 Å². The molecule has 0 aromatic carbocycles. The van der Waals surface area contributed by atoms with Gasteiger partial charge in [0.1, 0.15) is 11.7 Å². The molecule has 4 nitrogen and oxygen atoms in total. The molecule has 4 heteroatoms. The molecule has 0 amide bonds. The predicted molar refractivity (Wildman–Crippen MR) is 95.7 cm³/mol. The lowest BCUT2D eigenvalue weighted by Gasteiger charge is -2.40. The zero-order chi connectivity index (χ0) is 18.0. The van der Waals surface area contributed by atoms with Crippen LogP contribution in [0.15, 0.2) is 23.3 Å². The summed E-state index contributed by atoms with van der Waals surface area (Å²) in [7, 11) is 0. The molecule has 2 aliphatic heterocycles. The fraction of sp³-hybridized carbons (Fsp3) is 0.800. The summed E-state index contributed by atoms with van der Waals surface area (Å²) in [6.07, 6.45) is 7.12. The van der Waals surface area contributed by atoms with E-state index in [1.807, 2.05) is 19.9 Å². The van der Waals surface area contributed by atoms with Crippen molar-refractivity contribution in [3.8, 4) is 0 Å². The fourth-order valence-corrected chi connectivity index (χ4v) is 4.04. The van der Waals surface area contributed by atoms with Crippen molar-refractivity contribution < 1.29 is 20.1 Å². The maximum absolute atomic E-state index is 10.9. The molecule has 0 unspecified atom stereocenters. The van der Waals surface area contributed by atoms with Crippen LogP contribution in [-0.4, -0.2) is 45.3 Å². The van der Waals surface area contributed by atoms with Gasteiger partial charge in [0.25, 0.3) is 0 Å². The van der Waals surface area contributed by atoms with Crippen molar-refractivity contribution in [3.05, 3.63) is 23.3 Å². The monoisotopic (exact) mass is 338 g/mol. The van der Waals surface area contributed by atoms with Gasteiger partial charge in [0, 0.05) is 0 Å². The zero-order valence-corrected chi connectivity index (χ0v) is 15.6. The molecule has 2 aliphatic rings. The average Bonchev–Trinajstić information content (AvgIpc) is 2.90. The van der Waals surface area contributed by atoms with Crippen molar-refractivity contribution in [2.24, 2.45) is 5.92 Å². The van der Waals surface area contributed by atoms with Crippen molar-refractivity contribution >= 4 is 0 Å². The lowest BCUT2D eigenvalue weighted by atomic mass is 9.80. The molecule has 0 saturated carbocycles. The van der Waals surface area contributed by atoms with Gasteiger partial charge in [-0.15, -0.1) is 0 Å². The molecular formula is C20H34O4. The van der Waals surface area contributed by atoms with Gasteiger partial charge in [-0.1, -0.05) is 31.6 Å². The Labute approximate surface area is 146 Å². The van der Waals surface area contributed by atoms with E-state index in [1.165, 1.54) is 0 Å². The summed E-state index contributed by atoms with van der Waals surface area (Å²) in [4.78, 5) is 0. The summed E-state index contributed by atoms with van der Waals surface area (Å²) in [5.74, 6) is 0.154. The number of aliphatic hydroxyl groups is 3. The third kappa shape index (κ3) is 3.93. The van der Waals surface area contributed by atoms with Gasteiger partial charge >= 0.3 is 0 Å². The second kappa shape index (κ2) is 7.69. The third-order valence-electron chi connectivity index (χ3n) is 5.97. The molecule has 2 bridgehead atoms. The van der Waals surface area contributed by atoms with Crippen LogP contribution in [0.4, 0.5) is 0 Å². The Hall–Kier alpha value is -0.680. The number of rotatable bonds is 2. The van der Waals surface area contributed by atoms with E-state index < -0.39 is 23.4 Å². The van der Waals surface area contributed by atoms with Crippen LogP contribution in [0.2, 0.25) is 0 Å². The lowest BCUT2D eigenvalue weighted by molar-refractivity contribution is -0.192. The first kappa shape index (κ1) is 19.6. The zero-order valence-electron chi connectivity index (χ0n) is 15.6. The van der Waals surface area contributed by atoms with Gasteiger partial charge in [-0.3, -0.25) is 0 Å². The minimum atomic E-state index is -0.673. The average molecular weight is 338 g/mol. The topological polar surface area (TPSA) is 69.9 Å². The molecule has 4 atom stereocenters. The standard InChI is InChI=1S/C20H34O4/c1-14(2)20-11-10-19(4,24-20)17(22)9-8-16(13-21)7-5-6-15(3)12-18(20)23/h7,12,14,17-18,21-23H,5-6,8-11,13H2,1-4H3/t17-,18-,19-,20-/m0/s1. The van der Waals surface area contributed by atoms with E-state index >= 15 is 0 Å². The first-order valence-electron chi connectivity index (χ1n) is 9.26. The Bertz CT molecular complexity index is 496. The van der Waals surface area contributed by atoms with Gasteiger partial charge in [0.2, 0.25) is 0 Å². The van der Waals surface area contributed by atoms with Gasteiger partial charge < -0.3 is 20.1 Å². The minimum absolute atomic E-state index is 0.0333. The highest BCUT2D eigenvalue weighted by Gasteiger charge is 2.54. The number of ether oxygens (including phenoxy) is 1. The quantitative estimate of drug-likeness (QED) is 0.677. The summed E-state index contributed by atoms with van der Waals surface area (Å²) in [5, 5.41) is 31.1. The molecular weight excluding hydrogens is 304 g/mol. The molecule has 2 heterocycles. The number of allylic oxidation sites excluding steroid dienone is 2. The molecule has 0 aromatic heterocycles. The van der Waals surface area contributed by atoms with Gasteiger partial charge in [-0.05, 0) is 63.9 Å². The first-order chi connectivity index (χ1) is 11.2. The van der Waals surface area contributed by atoms with Crippen LogP contribution in [0.3, 0.4) is 0 Å². The molecule has 0 aliphatic carbocycles. The third-order valence-corrected chi connectivity index (χ3v) is 5.97. The van der Waals surface area contributed by atoms with Crippen LogP contribution in [0, 0.1) is 5.92 Å². The predicted octanol–water partition coefficient (Wildman–Crippen LogP) is 3.11. The number of aliphatic hydroxyl groups excluding tert-OH is 3. The number of fused-ring (bicyclic) bond motifs is 2. The smallest absolute Gasteiger partial charge is 0.102 e. The van der Waals surface area contributed by atoms with Crippen LogP contribution in [-0.2, 0) is 4.74 Å². The molecule has 2 rings (SSSR count). The molecule has 1 fully saturated rings. The maximum atomic E-state index is 10.9. The van der Waals surface area contributed by atoms with E-state index in [0.717, 1.165) is 36.8 Å². The fourth-order valence-electron chi connectivity index (χ4n) is 4.04. The van der Waals surface area contributed by atoms with E-state index in [-0.39, 0.29) is 12.5 Å². The molecule has 24 heavy (non-hydrogen) atoms. The van der Waals surface area contributed by atoms with Crippen molar-refractivity contribution in [2.75, 3.05) is 6.61 Å². The van der Waals surface area contributed by atoms with E-state index in [2.05, 4.69) is 19.9 Å². The normalized spacial score (nSPS) is 38.8. The number of hydrogen-bond acceptors (Lipinski definition) is 4. The van der Waals surface area contributed by atoms with E-state index in [9.17, 15) is 15.3 Å². The van der Waals surface area contributed by atoms with E-state index in [1.54, 1.807) is 0 Å². The maximum Gasteiger partial charge on any atom is 0.102 e. The van der Waals surface area contributed by atoms with Gasteiger partial charge in [0.05, 0.1) is 18.3 Å². The van der Waals surface area contributed by atoms with Crippen LogP contribution in [0.25, 0.3) is 0 Å².